The molecule has 0 unspecified atom stereocenters. The van der Waals surface area contributed by atoms with E-state index in [4.69, 9.17) is 4.74 Å². The number of hydrogen-bond acceptors (Lipinski definition) is 6. The number of aromatic nitrogens is 2. The Hall–Kier alpha value is -3.13. The molecule has 0 spiro atoms. The molecule has 3 aromatic rings. The molecule has 4 rings (SSSR count). The molecular formula is C24H28N4O3S. The van der Waals surface area contributed by atoms with Gasteiger partial charge in [0.1, 0.15) is 5.75 Å². The first-order valence-corrected chi connectivity index (χ1v) is 12.1. The number of aryl methyl sites for hydroxylation is 1. The van der Waals surface area contributed by atoms with Crippen LogP contribution in [0.4, 0.5) is 11.5 Å². The van der Waals surface area contributed by atoms with E-state index in [1.807, 2.05) is 32.0 Å². The lowest BCUT2D eigenvalue weighted by molar-refractivity contribution is 0.407. The molecule has 168 valence electrons. The molecule has 1 saturated heterocycles. The third-order valence-electron chi connectivity index (χ3n) is 5.96. The molecule has 32 heavy (non-hydrogen) atoms. The largest absolute Gasteiger partial charge is 0.496 e. The van der Waals surface area contributed by atoms with Crippen molar-refractivity contribution in [3.63, 3.8) is 0 Å². The van der Waals surface area contributed by atoms with Gasteiger partial charge in [-0.25, -0.2) is 8.42 Å². The topological polar surface area (TPSA) is 84.4 Å². The van der Waals surface area contributed by atoms with Crippen molar-refractivity contribution >= 4 is 21.5 Å². The lowest BCUT2D eigenvalue weighted by atomic mass is 10.1. The molecule has 0 amide bonds. The van der Waals surface area contributed by atoms with Gasteiger partial charge in [0.05, 0.1) is 17.7 Å². The summed E-state index contributed by atoms with van der Waals surface area (Å²) in [5, 5.41) is 8.72. The highest BCUT2D eigenvalue weighted by atomic mass is 32.2. The Kier molecular flexibility index (Phi) is 6.06. The maximum absolute atomic E-state index is 13.2. The average Bonchev–Trinajstić information content (AvgIpc) is 3.31. The van der Waals surface area contributed by atoms with E-state index in [1.54, 1.807) is 38.3 Å². The van der Waals surface area contributed by atoms with Crippen LogP contribution in [0.1, 0.15) is 29.5 Å². The second kappa shape index (κ2) is 8.78. The third-order valence-corrected chi connectivity index (χ3v) is 7.47. The van der Waals surface area contributed by atoms with E-state index in [-0.39, 0.29) is 4.90 Å². The Balaban J connectivity index is 1.60. The maximum Gasteiger partial charge on any atom is 0.262 e. The van der Waals surface area contributed by atoms with Crippen molar-refractivity contribution in [3.8, 4) is 17.0 Å². The Morgan fingerprint density at radius 3 is 2.38 bits per heavy atom. The summed E-state index contributed by atoms with van der Waals surface area (Å²) in [4.78, 5) is 2.47. The van der Waals surface area contributed by atoms with Gasteiger partial charge < -0.3 is 9.64 Å². The minimum atomic E-state index is -3.78. The van der Waals surface area contributed by atoms with E-state index in [0.717, 1.165) is 35.6 Å². The number of ether oxygens (including phenoxy) is 1. The second-order valence-corrected chi connectivity index (χ2v) is 9.78. The molecule has 2 heterocycles. The highest BCUT2D eigenvalue weighted by Crippen LogP contribution is 2.32. The molecule has 7 nitrogen and oxygen atoms in total. The van der Waals surface area contributed by atoms with Crippen molar-refractivity contribution < 1.29 is 13.2 Å². The Morgan fingerprint density at radius 2 is 1.72 bits per heavy atom. The van der Waals surface area contributed by atoms with E-state index in [2.05, 4.69) is 19.8 Å². The zero-order valence-electron chi connectivity index (χ0n) is 18.8. The molecule has 1 aliphatic rings. The van der Waals surface area contributed by atoms with Gasteiger partial charge in [-0.05, 0) is 80.6 Å². The number of rotatable bonds is 6. The fourth-order valence-electron chi connectivity index (χ4n) is 4.16. The van der Waals surface area contributed by atoms with Gasteiger partial charge in [-0.15, -0.1) is 10.2 Å². The first kappa shape index (κ1) is 22.1. The van der Waals surface area contributed by atoms with Gasteiger partial charge in [0.25, 0.3) is 10.0 Å². The van der Waals surface area contributed by atoms with Crippen LogP contribution in [-0.2, 0) is 10.0 Å². The van der Waals surface area contributed by atoms with Crippen molar-refractivity contribution in [2.75, 3.05) is 29.8 Å². The van der Waals surface area contributed by atoms with Crippen molar-refractivity contribution in [1.29, 1.82) is 0 Å². The molecule has 1 N–H and O–H groups in total. The Bertz CT molecular complexity index is 1230. The second-order valence-electron chi connectivity index (χ2n) is 8.13. The van der Waals surface area contributed by atoms with E-state index < -0.39 is 10.0 Å². The van der Waals surface area contributed by atoms with Crippen LogP contribution < -0.4 is 14.4 Å². The minimum Gasteiger partial charge on any atom is -0.496 e. The van der Waals surface area contributed by atoms with Crippen molar-refractivity contribution in [2.24, 2.45) is 0 Å². The van der Waals surface area contributed by atoms with Gasteiger partial charge in [-0.3, -0.25) is 4.72 Å². The van der Waals surface area contributed by atoms with Gasteiger partial charge in [-0.2, -0.15) is 0 Å². The molecule has 1 aromatic heterocycles. The number of hydrogen-bond donors (Lipinski definition) is 1. The lowest BCUT2D eigenvalue weighted by Gasteiger charge is -2.17. The van der Waals surface area contributed by atoms with Crippen molar-refractivity contribution in [3.05, 3.63) is 59.2 Å². The SMILES string of the molecule is COc1c(C)cc(S(=O)(=O)Nc2cccc(-c3ccc(N4CCCC4)nn3)c2)c(C)c1C. The van der Waals surface area contributed by atoms with Crippen molar-refractivity contribution in [1.82, 2.24) is 10.2 Å². The molecule has 8 heteroatoms. The average molecular weight is 453 g/mol. The van der Waals surface area contributed by atoms with Crippen LogP contribution in [0.25, 0.3) is 11.3 Å². The van der Waals surface area contributed by atoms with E-state index in [9.17, 15) is 8.42 Å². The van der Waals surface area contributed by atoms with Crippen LogP contribution in [0.5, 0.6) is 5.75 Å². The number of nitrogens with zero attached hydrogens (tertiary/aromatic N) is 3. The molecule has 1 fully saturated rings. The number of anilines is 2. The predicted octanol–water partition coefficient (Wildman–Crippen LogP) is 4.48. The number of methoxy groups -OCH3 is 1. The first-order valence-electron chi connectivity index (χ1n) is 10.7. The van der Waals surface area contributed by atoms with Gasteiger partial charge in [-0.1, -0.05) is 12.1 Å². The minimum absolute atomic E-state index is 0.244. The van der Waals surface area contributed by atoms with Crippen LogP contribution in [-0.4, -0.2) is 38.8 Å². The van der Waals surface area contributed by atoms with Crippen LogP contribution in [0, 0.1) is 20.8 Å². The lowest BCUT2D eigenvalue weighted by Crippen LogP contribution is -2.19. The van der Waals surface area contributed by atoms with E-state index in [0.29, 0.717) is 22.7 Å². The molecule has 1 aliphatic heterocycles. The smallest absolute Gasteiger partial charge is 0.262 e. The first-order chi connectivity index (χ1) is 15.3. The molecular weight excluding hydrogens is 424 g/mol. The highest BCUT2D eigenvalue weighted by molar-refractivity contribution is 7.92. The van der Waals surface area contributed by atoms with E-state index >= 15 is 0 Å². The summed E-state index contributed by atoms with van der Waals surface area (Å²) in [6.07, 6.45) is 2.36. The summed E-state index contributed by atoms with van der Waals surface area (Å²) in [5.41, 5.74) is 4.22. The normalized spacial score (nSPS) is 13.9. The number of sulfonamides is 1. The fraction of sp³-hybridized carbons (Fsp3) is 0.333. The van der Waals surface area contributed by atoms with Gasteiger partial charge in [0.2, 0.25) is 0 Å². The summed E-state index contributed by atoms with van der Waals surface area (Å²) in [6.45, 7) is 7.52. The molecule has 0 atom stereocenters. The highest BCUT2D eigenvalue weighted by Gasteiger charge is 2.22. The monoisotopic (exact) mass is 452 g/mol. The van der Waals surface area contributed by atoms with Crippen LogP contribution in [0.3, 0.4) is 0 Å². The summed E-state index contributed by atoms with van der Waals surface area (Å²) >= 11 is 0. The Morgan fingerprint density at radius 1 is 0.969 bits per heavy atom. The molecule has 2 aromatic carbocycles. The predicted molar refractivity (Wildman–Crippen MR) is 127 cm³/mol. The fourth-order valence-corrected chi connectivity index (χ4v) is 5.60. The zero-order chi connectivity index (χ0) is 22.9. The van der Waals surface area contributed by atoms with Gasteiger partial charge in [0, 0.05) is 24.3 Å². The molecule has 0 saturated carbocycles. The summed E-state index contributed by atoms with van der Waals surface area (Å²) in [7, 11) is -2.19. The van der Waals surface area contributed by atoms with Gasteiger partial charge in [0.15, 0.2) is 5.82 Å². The van der Waals surface area contributed by atoms with Crippen LogP contribution in [0.15, 0.2) is 47.4 Å². The van der Waals surface area contributed by atoms with Crippen molar-refractivity contribution in [2.45, 2.75) is 38.5 Å². The third kappa shape index (κ3) is 4.27. The Labute approximate surface area is 189 Å². The summed E-state index contributed by atoms with van der Waals surface area (Å²) in [5.74, 6) is 1.59. The maximum atomic E-state index is 13.2. The molecule has 0 radical (unpaired) electrons. The van der Waals surface area contributed by atoms with Gasteiger partial charge >= 0.3 is 0 Å². The zero-order valence-corrected chi connectivity index (χ0v) is 19.7. The summed E-state index contributed by atoms with van der Waals surface area (Å²) < 4.78 is 34.5. The standard InChI is InChI=1S/C24H28N4O3S/c1-16-14-22(17(2)18(3)24(16)31-4)32(29,30)27-20-9-7-8-19(15-20)21-10-11-23(26-25-21)28-12-5-6-13-28/h7-11,14-15,27H,5-6,12-13H2,1-4H3. The quantitative estimate of drug-likeness (QED) is 0.594. The summed E-state index contributed by atoms with van der Waals surface area (Å²) in [6, 6.07) is 12.7. The molecule has 0 aliphatic carbocycles. The number of nitrogens with one attached hydrogen (secondary N) is 1. The van der Waals surface area contributed by atoms with Crippen LogP contribution >= 0.6 is 0 Å². The van der Waals surface area contributed by atoms with Crippen LogP contribution in [0.2, 0.25) is 0 Å². The number of benzene rings is 2. The molecule has 0 bridgehead atoms. The van der Waals surface area contributed by atoms with E-state index in [1.165, 1.54) is 12.8 Å².